The number of hydrogen-bond acceptors (Lipinski definition) is 4. The van der Waals surface area contributed by atoms with Gasteiger partial charge in [-0.25, -0.2) is 9.97 Å². The van der Waals surface area contributed by atoms with Crippen LogP contribution in [0, 0.1) is 5.92 Å². The molecule has 0 aliphatic heterocycles. The average Bonchev–Trinajstić information content (AvgIpc) is 2.40. The summed E-state index contributed by atoms with van der Waals surface area (Å²) in [5.41, 5.74) is 0. The molecule has 102 valence electrons. The first-order valence-corrected chi connectivity index (χ1v) is 6.98. The van der Waals surface area contributed by atoms with E-state index in [1.54, 1.807) is 6.33 Å². The van der Waals surface area contributed by atoms with Crippen molar-refractivity contribution < 1.29 is 4.74 Å². The summed E-state index contributed by atoms with van der Waals surface area (Å²) in [4.78, 5) is 8.26. The molecule has 0 aliphatic rings. The summed E-state index contributed by atoms with van der Waals surface area (Å²) >= 11 is 0. The lowest BCUT2D eigenvalue weighted by Crippen LogP contribution is -2.12. The van der Waals surface area contributed by atoms with Gasteiger partial charge in [0.25, 0.3) is 0 Å². The first-order valence-electron chi connectivity index (χ1n) is 6.98. The van der Waals surface area contributed by atoms with E-state index in [1.807, 2.05) is 13.0 Å². The summed E-state index contributed by atoms with van der Waals surface area (Å²) in [6, 6.07) is 1.86. The highest BCUT2D eigenvalue weighted by molar-refractivity contribution is 5.36. The van der Waals surface area contributed by atoms with Crippen LogP contribution in [0.5, 0.6) is 5.88 Å². The van der Waals surface area contributed by atoms with E-state index in [2.05, 4.69) is 29.1 Å². The minimum absolute atomic E-state index is 0.627. The van der Waals surface area contributed by atoms with Gasteiger partial charge in [0, 0.05) is 12.6 Å². The standard InChI is InChI=1S/C14H25N3O/c1-4-7-8-12(5-2)10-18-14-9-13(15-6-3)16-11-17-14/h9,11-12H,4-8,10H2,1-3H3,(H,15,16,17). The summed E-state index contributed by atoms with van der Waals surface area (Å²) in [5, 5.41) is 3.15. The van der Waals surface area contributed by atoms with Crippen molar-refractivity contribution in [1.29, 1.82) is 0 Å². The van der Waals surface area contributed by atoms with Gasteiger partial charge in [-0.15, -0.1) is 0 Å². The Bertz CT molecular complexity index is 331. The van der Waals surface area contributed by atoms with Crippen LogP contribution in [0.1, 0.15) is 46.5 Å². The van der Waals surface area contributed by atoms with Gasteiger partial charge in [-0.05, 0) is 19.3 Å². The van der Waals surface area contributed by atoms with Gasteiger partial charge < -0.3 is 10.1 Å². The van der Waals surface area contributed by atoms with Crippen LogP contribution in [-0.2, 0) is 0 Å². The maximum Gasteiger partial charge on any atom is 0.218 e. The summed E-state index contributed by atoms with van der Waals surface area (Å²) in [6.45, 7) is 8.08. The quantitative estimate of drug-likeness (QED) is 0.729. The Morgan fingerprint density at radius 3 is 2.78 bits per heavy atom. The van der Waals surface area contributed by atoms with Gasteiger partial charge in [0.2, 0.25) is 5.88 Å². The molecule has 18 heavy (non-hydrogen) atoms. The first kappa shape index (κ1) is 14.7. The van der Waals surface area contributed by atoms with Gasteiger partial charge >= 0.3 is 0 Å². The third-order valence-electron chi connectivity index (χ3n) is 3.01. The normalized spacial score (nSPS) is 12.2. The van der Waals surface area contributed by atoms with Crippen molar-refractivity contribution in [3.05, 3.63) is 12.4 Å². The lowest BCUT2D eigenvalue weighted by atomic mass is 10.0. The van der Waals surface area contributed by atoms with Gasteiger partial charge in [0.1, 0.15) is 12.1 Å². The van der Waals surface area contributed by atoms with Crippen molar-refractivity contribution in [1.82, 2.24) is 9.97 Å². The molecule has 4 heteroatoms. The number of hydrogen-bond donors (Lipinski definition) is 1. The van der Waals surface area contributed by atoms with E-state index in [1.165, 1.54) is 19.3 Å². The predicted molar refractivity (Wildman–Crippen MR) is 75.0 cm³/mol. The molecule has 1 aromatic heterocycles. The molecule has 0 bridgehead atoms. The fraction of sp³-hybridized carbons (Fsp3) is 0.714. The second kappa shape index (κ2) is 8.72. The third-order valence-corrected chi connectivity index (χ3v) is 3.01. The van der Waals surface area contributed by atoms with Gasteiger partial charge in [-0.1, -0.05) is 33.1 Å². The average molecular weight is 251 g/mol. The van der Waals surface area contributed by atoms with Crippen LogP contribution in [0.4, 0.5) is 5.82 Å². The Morgan fingerprint density at radius 2 is 2.11 bits per heavy atom. The van der Waals surface area contributed by atoms with Crippen molar-refractivity contribution in [3.8, 4) is 5.88 Å². The van der Waals surface area contributed by atoms with E-state index in [-0.39, 0.29) is 0 Å². The van der Waals surface area contributed by atoms with E-state index >= 15 is 0 Å². The number of unbranched alkanes of at least 4 members (excludes halogenated alkanes) is 1. The van der Waals surface area contributed by atoms with E-state index < -0.39 is 0 Å². The van der Waals surface area contributed by atoms with Crippen LogP contribution in [0.25, 0.3) is 0 Å². The van der Waals surface area contributed by atoms with E-state index in [4.69, 9.17) is 4.74 Å². The van der Waals surface area contributed by atoms with Crippen molar-refractivity contribution in [2.45, 2.75) is 46.5 Å². The molecule has 1 N–H and O–H groups in total. The van der Waals surface area contributed by atoms with Crippen LogP contribution in [0.15, 0.2) is 12.4 Å². The fourth-order valence-corrected chi connectivity index (χ4v) is 1.80. The molecular formula is C14H25N3O. The van der Waals surface area contributed by atoms with E-state index in [9.17, 15) is 0 Å². The summed E-state index contributed by atoms with van der Waals surface area (Å²) in [7, 11) is 0. The minimum atomic E-state index is 0.627. The molecule has 1 rings (SSSR count). The van der Waals surface area contributed by atoms with Gasteiger partial charge in [0.15, 0.2) is 0 Å². The zero-order chi connectivity index (χ0) is 13.2. The molecule has 0 aliphatic carbocycles. The number of anilines is 1. The maximum atomic E-state index is 5.75. The number of rotatable bonds is 9. The topological polar surface area (TPSA) is 47.0 Å². The van der Waals surface area contributed by atoms with Crippen LogP contribution < -0.4 is 10.1 Å². The maximum absolute atomic E-state index is 5.75. The summed E-state index contributed by atoms with van der Waals surface area (Å²) < 4.78 is 5.75. The zero-order valence-corrected chi connectivity index (χ0v) is 11.8. The molecule has 1 atom stereocenters. The number of aromatic nitrogens is 2. The highest BCUT2D eigenvalue weighted by Crippen LogP contribution is 2.16. The second-order valence-electron chi connectivity index (χ2n) is 4.50. The van der Waals surface area contributed by atoms with Crippen LogP contribution >= 0.6 is 0 Å². The second-order valence-corrected chi connectivity index (χ2v) is 4.50. The van der Waals surface area contributed by atoms with Crippen molar-refractivity contribution in [3.63, 3.8) is 0 Å². The van der Waals surface area contributed by atoms with Crippen molar-refractivity contribution in [2.24, 2.45) is 5.92 Å². The minimum Gasteiger partial charge on any atom is -0.477 e. The van der Waals surface area contributed by atoms with Crippen LogP contribution in [0.3, 0.4) is 0 Å². The largest absolute Gasteiger partial charge is 0.477 e. The summed E-state index contributed by atoms with van der Waals surface area (Å²) in [6.07, 6.45) is 6.45. The van der Waals surface area contributed by atoms with Crippen LogP contribution in [0.2, 0.25) is 0 Å². The van der Waals surface area contributed by atoms with Gasteiger partial charge in [-0.3, -0.25) is 0 Å². The zero-order valence-electron chi connectivity index (χ0n) is 11.8. The van der Waals surface area contributed by atoms with E-state index in [0.717, 1.165) is 25.4 Å². The number of nitrogens with zero attached hydrogens (tertiary/aromatic N) is 2. The molecule has 4 nitrogen and oxygen atoms in total. The molecule has 0 spiro atoms. The third kappa shape index (κ3) is 5.34. The monoisotopic (exact) mass is 251 g/mol. The van der Waals surface area contributed by atoms with E-state index in [0.29, 0.717) is 11.8 Å². The lowest BCUT2D eigenvalue weighted by molar-refractivity contribution is 0.225. The molecule has 0 aromatic carbocycles. The predicted octanol–water partition coefficient (Wildman–Crippen LogP) is 3.50. The Balaban J connectivity index is 2.43. The number of ether oxygens (including phenoxy) is 1. The van der Waals surface area contributed by atoms with Gasteiger partial charge in [-0.2, -0.15) is 0 Å². The molecule has 0 amide bonds. The van der Waals surface area contributed by atoms with Crippen LogP contribution in [-0.4, -0.2) is 23.1 Å². The molecule has 0 saturated heterocycles. The Labute approximate surface area is 110 Å². The van der Waals surface area contributed by atoms with Crippen molar-refractivity contribution in [2.75, 3.05) is 18.5 Å². The first-order chi connectivity index (χ1) is 8.80. The highest BCUT2D eigenvalue weighted by atomic mass is 16.5. The highest BCUT2D eigenvalue weighted by Gasteiger charge is 2.07. The Hall–Kier alpha value is -1.32. The fourth-order valence-electron chi connectivity index (χ4n) is 1.80. The molecule has 1 unspecified atom stereocenters. The molecule has 0 fully saturated rings. The molecular weight excluding hydrogens is 226 g/mol. The van der Waals surface area contributed by atoms with Crippen molar-refractivity contribution >= 4 is 5.82 Å². The lowest BCUT2D eigenvalue weighted by Gasteiger charge is -2.15. The molecule has 1 aromatic rings. The van der Waals surface area contributed by atoms with Gasteiger partial charge in [0.05, 0.1) is 6.61 Å². The SMILES string of the molecule is CCCCC(CC)COc1cc(NCC)ncn1. The smallest absolute Gasteiger partial charge is 0.218 e. The Kier molecular flexibility index (Phi) is 7.14. The Morgan fingerprint density at radius 1 is 1.28 bits per heavy atom. The molecule has 1 heterocycles. The number of nitrogens with one attached hydrogen (secondary N) is 1. The molecule has 0 radical (unpaired) electrons. The molecule has 0 saturated carbocycles. The summed E-state index contributed by atoms with van der Waals surface area (Å²) in [5.74, 6) is 2.11.